The molecule has 0 unspecified atom stereocenters. The third-order valence-electron chi connectivity index (χ3n) is 4.29. The van der Waals surface area contributed by atoms with Gasteiger partial charge in [-0.3, -0.25) is 14.4 Å². The molecule has 120 valence electrons. The van der Waals surface area contributed by atoms with Gasteiger partial charge >= 0.3 is 5.97 Å². The van der Waals surface area contributed by atoms with Crippen LogP contribution in [0.25, 0.3) is 0 Å². The molecule has 1 aromatic heterocycles. The second-order valence-corrected chi connectivity index (χ2v) is 6.90. The molecule has 1 aliphatic carbocycles. The van der Waals surface area contributed by atoms with E-state index in [4.69, 9.17) is 5.73 Å². The second-order valence-electron chi connectivity index (χ2n) is 5.68. The van der Waals surface area contributed by atoms with E-state index in [9.17, 15) is 19.5 Å². The molecule has 1 saturated carbocycles. The number of hydrogen-bond donors (Lipinski definition) is 3. The number of aryl methyl sites for hydroxylation is 1. The highest BCUT2D eigenvalue weighted by molar-refractivity contribution is 7.16. The maximum absolute atomic E-state index is 12.5. The monoisotopic (exact) mass is 324 g/mol. The lowest BCUT2D eigenvalue weighted by Crippen LogP contribution is -2.36. The van der Waals surface area contributed by atoms with Gasteiger partial charge in [-0.1, -0.05) is 12.8 Å². The number of carboxylic acid groups (broad SMARTS) is 1. The van der Waals surface area contributed by atoms with E-state index >= 15 is 0 Å². The van der Waals surface area contributed by atoms with Gasteiger partial charge in [-0.05, 0) is 32.3 Å². The summed E-state index contributed by atoms with van der Waals surface area (Å²) in [5, 5.41) is 12.4. The molecule has 0 radical (unpaired) electrons. The van der Waals surface area contributed by atoms with Crippen molar-refractivity contribution < 1.29 is 19.5 Å². The summed E-state index contributed by atoms with van der Waals surface area (Å²) in [6.45, 7) is 3.63. The van der Waals surface area contributed by atoms with Crippen molar-refractivity contribution in [2.45, 2.75) is 39.5 Å². The van der Waals surface area contributed by atoms with E-state index in [1.54, 1.807) is 6.92 Å². The van der Waals surface area contributed by atoms with Crippen molar-refractivity contribution in [3.63, 3.8) is 0 Å². The van der Waals surface area contributed by atoms with Crippen LogP contribution in [0.2, 0.25) is 0 Å². The van der Waals surface area contributed by atoms with Crippen molar-refractivity contribution in [3.05, 3.63) is 16.0 Å². The molecule has 0 bridgehead atoms. The predicted octanol–water partition coefficient (Wildman–Crippen LogP) is 2.29. The normalized spacial score (nSPS) is 21.4. The van der Waals surface area contributed by atoms with E-state index in [0.717, 1.165) is 23.3 Å². The number of carbonyl (C=O) groups excluding carboxylic acids is 2. The summed E-state index contributed by atoms with van der Waals surface area (Å²) < 4.78 is 0. The fourth-order valence-corrected chi connectivity index (χ4v) is 4.03. The summed E-state index contributed by atoms with van der Waals surface area (Å²) in [5.74, 6) is -3.08. The Morgan fingerprint density at radius 1 is 1.18 bits per heavy atom. The Hall–Kier alpha value is -1.89. The van der Waals surface area contributed by atoms with Gasteiger partial charge in [-0.25, -0.2) is 0 Å². The molecule has 7 heteroatoms. The van der Waals surface area contributed by atoms with Gasteiger partial charge < -0.3 is 16.2 Å². The molecule has 2 rings (SSSR count). The molecule has 0 saturated heterocycles. The Morgan fingerprint density at radius 3 is 2.32 bits per heavy atom. The first-order valence-electron chi connectivity index (χ1n) is 7.26. The van der Waals surface area contributed by atoms with Crippen molar-refractivity contribution in [1.29, 1.82) is 0 Å². The first-order valence-corrected chi connectivity index (χ1v) is 8.08. The molecule has 4 N–H and O–H groups in total. The number of nitrogens with two attached hydrogens (primary N) is 1. The number of rotatable bonds is 4. The lowest BCUT2D eigenvalue weighted by Gasteiger charge is -2.27. The Bertz CT molecular complexity index is 623. The van der Waals surface area contributed by atoms with Gasteiger partial charge in [0.25, 0.3) is 5.91 Å². The van der Waals surface area contributed by atoms with Crippen LogP contribution in [-0.4, -0.2) is 22.9 Å². The number of carboxylic acids is 1. The highest BCUT2D eigenvalue weighted by atomic mass is 32.1. The van der Waals surface area contributed by atoms with Crippen LogP contribution in [0.4, 0.5) is 5.00 Å². The molecule has 0 aliphatic heterocycles. The molecule has 1 fully saturated rings. The SMILES string of the molecule is Cc1sc(NC(=O)[C@@H]2CCCC[C@@H]2C(=O)O)c(C(N)=O)c1C. The first kappa shape index (κ1) is 16.5. The second kappa shape index (κ2) is 6.48. The Morgan fingerprint density at radius 2 is 1.77 bits per heavy atom. The van der Waals surface area contributed by atoms with Crippen LogP contribution >= 0.6 is 11.3 Å². The number of amides is 2. The topological polar surface area (TPSA) is 109 Å². The Labute approximate surface area is 132 Å². The van der Waals surface area contributed by atoms with Gasteiger partial charge in [0.15, 0.2) is 0 Å². The summed E-state index contributed by atoms with van der Waals surface area (Å²) in [5.41, 5.74) is 6.45. The van der Waals surface area contributed by atoms with Crippen LogP contribution in [0.5, 0.6) is 0 Å². The number of aliphatic carboxylic acids is 1. The fourth-order valence-electron chi connectivity index (χ4n) is 2.96. The van der Waals surface area contributed by atoms with Crippen LogP contribution < -0.4 is 11.1 Å². The summed E-state index contributed by atoms with van der Waals surface area (Å²) >= 11 is 1.29. The molecule has 2 amide bonds. The average molecular weight is 324 g/mol. The number of anilines is 1. The van der Waals surface area contributed by atoms with Crippen LogP contribution in [0.3, 0.4) is 0 Å². The van der Waals surface area contributed by atoms with Gasteiger partial charge in [0.05, 0.1) is 17.4 Å². The zero-order chi connectivity index (χ0) is 16.4. The van der Waals surface area contributed by atoms with Crippen LogP contribution in [0.1, 0.15) is 46.5 Å². The lowest BCUT2D eigenvalue weighted by atomic mass is 9.79. The predicted molar refractivity (Wildman–Crippen MR) is 84.0 cm³/mol. The zero-order valence-corrected chi connectivity index (χ0v) is 13.5. The summed E-state index contributed by atoms with van der Waals surface area (Å²) in [4.78, 5) is 36.2. The van der Waals surface area contributed by atoms with Crippen molar-refractivity contribution in [3.8, 4) is 0 Å². The van der Waals surface area contributed by atoms with Crippen molar-refractivity contribution in [2.24, 2.45) is 17.6 Å². The minimum Gasteiger partial charge on any atom is -0.481 e. The molecule has 6 nitrogen and oxygen atoms in total. The van der Waals surface area contributed by atoms with Crippen LogP contribution in [-0.2, 0) is 9.59 Å². The molecule has 1 aliphatic rings. The van der Waals surface area contributed by atoms with E-state index < -0.39 is 23.7 Å². The number of carbonyl (C=O) groups is 3. The van der Waals surface area contributed by atoms with Gasteiger partial charge in [0.2, 0.25) is 5.91 Å². The highest BCUT2D eigenvalue weighted by Gasteiger charge is 2.36. The molecule has 0 aromatic carbocycles. The van der Waals surface area contributed by atoms with E-state index in [1.807, 2.05) is 6.92 Å². The Kier molecular flexibility index (Phi) is 4.85. The van der Waals surface area contributed by atoms with Gasteiger partial charge in [-0.2, -0.15) is 0 Å². The van der Waals surface area contributed by atoms with Gasteiger partial charge in [0.1, 0.15) is 5.00 Å². The van der Waals surface area contributed by atoms with E-state index in [2.05, 4.69) is 5.32 Å². The molecule has 0 spiro atoms. The van der Waals surface area contributed by atoms with Crippen molar-refractivity contribution in [2.75, 3.05) is 5.32 Å². The molecule has 1 heterocycles. The van der Waals surface area contributed by atoms with Crippen molar-refractivity contribution >= 4 is 34.1 Å². The molecule has 2 atom stereocenters. The van der Waals surface area contributed by atoms with Gasteiger partial charge in [0, 0.05) is 4.88 Å². The third-order valence-corrected chi connectivity index (χ3v) is 5.41. The number of thiophene rings is 1. The van der Waals surface area contributed by atoms with Crippen LogP contribution in [0, 0.1) is 25.7 Å². The summed E-state index contributed by atoms with van der Waals surface area (Å²) in [6, 6.07) is 0. The lowest BCUT2D eigenvalue weighted by molar-refractivity contribution is -0.147. The molecular weight excluding hydrogens is 304 g/mol. The average Bonchev–Trinajstić information content (AvgIpc) is 2.73. The largest absolute Gasteiger partial charge is 0.481 e. The third kappa shape index (κ3) is 3.14. The molecule has 1 aromatic rings. The number of hydrogen-bond acceptors (Lipinski definition) is 4. The van der Waals surface area contributed by atoms with E-state index in [1.165, 1.54) is 11.3 Å². The number of nitrogens with one attached hydrogen (secondary N) is 1. The van der Waals surface area contributed by atoms with E-state index in [-0.39, 0.29) is 5.91 Å². The van der Waals surface area contributed by atoms with Gasteiger partial charge in [-0.15, -0.1) is 11.3 Å². The van der Waals surface area contributed by atoms with Crippen LogP contribution in [0.15, 0.2) is 0 Å². The maximum Gasteiger partial charge on any atom is 0.307 e. The smallest absolute Gasteiger partial charge is 0.307 e. The summed E-state index contributed by atoms with van der Waals surface area (Å²) in [6.07, 6.45) is 2.73. The molecular formula is C15H20N2O4S. The highest BCUT2D eigenvalue weighted by Crippen LogP contribution is 2.35. The number of primary amides is 1. The first-order chi connectivity index (χ1) is 10.3. The fraction of sp³-hybridized carbons (Fsp3) is 0.533. The maximum atomic E-state index is 12.5. The molecule has 22 heavy (non-hydrogen) atoms. The minimum atomic E-state index is -0.937. The minimum absolute atomic E-state index is 0.318. The summed E-state index contributed by atoms with van der Waals surface area (Å²) in [7, 11) is 0. The standard InChI is InChI=1S/C15H20N2O4S/c1-7-8(2)22-14(11(7)12(16)18)17-13(19)9-5-3-4-6-10(9)15(20)21/h9-10H,3-6H2,1-2H3,(H2,16,18)(H,17,19)(H,20,21)/t9-,10+/m1/s1. The Balaban J connectivity index is 2.23. The zero-order valence-electron chi connectivity index (χ0n) is 12.6. The van der Waals surface area contributed by atoms with E-state index in [0.29, 0.717) is 23.4 Å². The van der Waals surface area contributed by atoms with Crippen molar-refractivity contribution in [1.82, 2.24) is 0 Å². The quantitative estimate of drug-likeness (QED) is 0.789.